The molecular formula is C38H15N4O4+. The third-order valence-electron chi connectivity index (χ3n) is 10.3. The number of aromatic amines is 1. The van der Waals surface area contributed by atoms with Crippen LogP contribution in [0.5, 0.6) is 0 Å². The van der Waals surface area contributed by atoms with Gasteiger partial charge in [-0.1, -0.05) is 24.3 Å². The smallest absolute Gasteiger partial charge is 0.289 e. The van der Waals surface area contributed by atoms with E-state index in [4.69, 9.17) is 4.98 Å². The Morgan fingerprint density at radius 1 is 0.565 bits per heavy atom. The normalized spacial score (nSPS) is 13.1. The summed E-state index contributed by atoms with van der Waals surface area (Å²) in [5.41, 5.74) is 3.08. The summed E-state index contributed by atoms with van der Waals surface area (Å²) in [6, 6.07) is 25.7. The van der Waals surface area contributed by atoms with Crippen molar-refractivity contribution in [3.8, 4) is 0 Å². The van der Waals surface area contributed by atoms with Gasteiger partial charge >= 0.3 is 5.56 Å². The summed E-state index contributed by atoms with van der Waals surface area (Å²) in [7, 11) is 0. The first kappa shape index (κ1) is 22.9. The van der Waals surface area contributed by atoms with E-state index >= 15 is 0 Å². The first-order chi connectivity index (χ1) is 22.5. The molecule has 8 heteroatoms. The Kier molecular flexibility index (Phi) is 3.52. The Morgan fingerprint density at radius 3 is 1.96 bits per heavy atom. The van der Waals surface area contributed by atoms with E-state index in [1.165, 1.54) is 0 Å². The summed E-state index contributed by atoms with van der Waals surface area (Å²) in [4.78, 5) is 65.7. The van der Waals surface area contributed by atoms with Gasteiger partial charge in [0.05, 0.1) is 21.8 Å². The fourth-order valence-corrected chi connectivity index (χ4v) is 8.53. The van der Waals surface area contributed by atoms with Crippen LogP contribution in [0.15, 0.2) is 104 Å². The minimum Gasteiger partial charge on any atom is -0.289 e. The van der Waals surface area contributed by atoms with E-state index in [0.29, 0.717) is 92.3 Å². The molecule has 0 saturated heterocycles. The second kappa shape index (κ2) is 7.06. The Morgan fingerprint density at radius 2 is 1.17 bits per heavy atom. The topological polar surface area (TPSA) is 105 Å². The second-order valence-electron chi connectivity index (χ2n) is 12.4. The number of para-hydroxylation sites is 4. The van der Waals surface area contributed by atoms with Gasteiger partial charge < -0.3 is 0 Å². The van der Waals surface area contributed by atoms with Crippen LogP contribution in [-0.4, -0.2) is 14.4 Å². The first-order valence-corrected chi connectivity index (χ1v) is 15.0. The third kappa shape index (κ3) is 2.23. The highest BCUT2D eigenvalue weighted by molar-refractivity contribution is 6.43. The number of imidazole rings is 2. The largest absolute Gasteiger partial charge is 0.347 e. The van der Waals surface area contributed by atoms with Gasteiger partial charge in [-0.3, -0.25) is 18.8 Å². The van der Waals surface area contributed by atoms with Crippen LogP contribution in [-0.2, 0) is 0 Å². The quantitative estimate of drug-likeness (QED) is 0.144. The lowest BCUT2D eigenvalue weighted by Gasteiger charge is -2.18. The van der Waals surface area contributed by atoms with Crippen molar-refractivity contribution in [3.63, 3.8) is 0 Å². The minimum absolute atomic E-state index is 0.188. The van der Waals surface area contributed by atoms with Gasteiger partial charge in [0.15, 0.2) is 21.9 Å². The Hall–Kier alpha value is -6.54. The van der Waals surface area contributed by atoms with Crippen molar-refractivity contribution in [1.29, 1.82) is 0 Å². The summed E-state index contributed by atoms with van der Waals surface area (Å²) in [5.74, 6) is 0. The van der Waals surface area contributed by atoms with Gasteiger partial charge in [0.2, 0.25) is 0 Å². The molecule has 4 aromatic heterocycles. The molecule has 0 spiro atoms. The van der Waals surface area contributed by atoms with Crippen LogP contribution in [0.25, 0.3) is 109 Å². The summed E-state index contributed by atoms with van der Waals surface area (Å²) in [5, 5.41) is 7.76. The summed E-state index contributed by atoms with van der Waals surface area (Å²) >= 11 is 0. The highest BCUT2D eigenvalue weighted by Crippen LogP contribution is 2.45. The zero-order valence-corrected chi connectivity index (χ0v) is 23.6. The Labute approximate surface area is 253 Å². The van der Waals surface area contributed by atoms with Gasteiger partial charge in [0, 0.05) is 64.6 Å². The first-order valence-electron chi connectivity index (χ1n) is 15.0. The van der Waals surface area contributed by atoms with Crippen molar-refractivity contribution < 1.29 is 4.40 Å². The van der Waals surface area contributed by atoms with E-state index in [1.807, 2.05) is 60.7 Å². The number of pyridine rings is 2. The molecule has 0 aliphatic heterocycles. The van der Waals surface area contributed by atoms with Gasteiger partial charge in [0.25, 0.3) is 11.2 Å². The zero-order chi connectivity index (χ0) is 30.3. The van der Waals surface area contributed by atoms with Gasteiger partial charge in [-0.2, -0.15) is 4.40 Å². The molecule has 0 radical (unpaired) electrons. The number of benzene rings is 8. The molecule has 0 amide bonds. The molecule has 0 bridgehead atoms. The van der Waals surface area contributed by atoms with Crippen molar-refractivity contribution >= 4 is 109 Å². The van der Waals surface area contributed by atoms with Crippen molar-refractivity contribution in [2.45, 2.75) is 0 Å². The molecule has 1 N–H and O–H groups in total. The van der Waals surface area contributed by atoms with Crippen LogP contribution in [0.1, 0.15) is 0 Å². The fourth-order valence-electron chi connectivity index (χ4n) is 8.53. The van der Waals surface area contributed by atoms with Crippen LogP contribution in [0, 0.1) is 0 Å². The van der Waals surface area contributed by atoms with E-state index in [-0.39, 0.29) is 22.0 Å². The lowest BCUT2D eigenvalue weighted by Crippen LogP contribution is -2.39. The van der Waals surface area contributed by atoms with Gasteiger partial charge in [0.1, 0.15) is 5.65 Å². The summed E-state index contributed by atoms with van der Waals surface area (Å²) < 4.78 is 3.26. The van der Waals surface area contributed by atoms with Gasteiger partial charge in [-0.15, -0.1) is 0 Å². The predicted molar refractivity (Wildman–Crippen MR) is 181 cm³/mol. The zero-order valence-electron chi connectivity index (χ0n) is 23.6. The Bertz CT molecular complexity index is 3600. The molecule has 0 aliphatic rings. The third-order valence-corrected chi connectivity index (χ3v) is 10.3. The van der Waals surface area contributed by atoms with E-state index in [9.17, 15) is 19.2 Å². The number of rotatable bonds is 0. The molecular weight excluding hydrogens is 576 g/mol. The van der Waals surface area contributed by atoms with Crippen molar-refractivity contribution in [2.24, 2.45) is 0 Å². The van der Waals surface area contributed by atoms with Crippen molar-refractivity contribution in [3.05, 3.63) is 126 Å². The van der Waals surface area contributed by atoms with E-state index in [0.717, 1.165) is 16.4 Å². The van der Waals surface area contributed by atoms with E-state index in [2.05, 4.69) is 4.98 Å². The van der Waals surface area contributed by atoms with Gasteiger partial charge in [-0.25, -0.2) is 14.8 Å². The monoisotopic (exact) mass is 591 g/mol. The number of hydrogen-bond donors (Lipinski definition) is 1. The van der Waals surface area contributed by atoms with Crippen LogP contribution >= 0.6 is 0 Å². The average Bonchev–Trinajstić information content (AvgIpc) is 3.67. The second-order valence-corrected chi connectivity index (χ2v) is 12.4. The molecule has 46 heavy (non-hydrogen) atoms. The molecule has 0 atom stereocenters. The van der Waals surface area contributed by atoms with Crippen molar-refractivity contribution in [1.82, 2.24) is 14.4 Å². The molecule has 210 valence electrons. The highest BCUT2D eigenvalue weighted by Gasteiger charge is 2.30. The lowest BCUT2D eigenvalue weighted by atomic mass is 9.83. The number of aromatic nitrogens is 4. The molecule has 0 saturated carbocycles. The predicted octanol–water partition coefficient (Wildman–Crippen LogP) is 5.41. The molecule has 8 aromatic carbocycles. The molecule has 12 rings (SSSR count). The van der Waals surface area contributed by atoms with Crippen LogP contribution < -0.4 is 26.4 Å². The number of nitrogens with zero attached hydrogens (tertiary/aromatic N) is 3. The SMILES string of the molecule is O=c1c2ccc3c(=O)[n+]4c5ccccc5[nH]c4c4cc5c(=O)c6ccc7c8c(cc1c(c68)c5c2c34)c(=O)n1c2ccccc2nc71. The molecule has 0 unspecified atom stereocenters. The number of hydrogen-bond acceptors (Lipinski definition) is 5. The maximum Gasteiger partial charge on any atom is 0.347 e. The highest BCUT2D eigenvalue weighted by atomic mass is 16.1. The average molecular weight is 592 g/mol. The van der Waals surface area contributed by atoms with E-state index < -0.39 is 0 Å². The van der Waals surface area contributed by atoms with Crippen LogP contribution in [0.4, 0.5) is 0 Å². The Balaban J connectivity index is 1.44. The molecule has 8 nitrogen and oxygen atoms in total. The van der Waals surface area contributed by atoms with Crippen molar-refractivity contribution in [2.75, 3.05) is 0 Å². The van der Waals surface area contributed by atoms with Gasteiger partial charge in [-0.05, 0) is 60.7 Å². The van der Waals surface area contributed by atoms with Crippen LogP contribution in [0.3, 0.4) is 0 Å². The standard InChI is InChI=1S/C38H14N4O4/c43-33-15-9-11-17-27-22(38(46)41-25-7-3-1-5-23(25)39-35(17)41)14-20-32(29(15)27)31-19(33)13-21-28-18(12-10-16(30(28)31)34(20)44)37(45)42-26-8-4-2-6-24(26)40-36(21)42/h1-14H/p+1. The van der Waals surface area contributed by atoms with Crippen LogP contribution in [0.2, 0.25) is 0 Å². The lowest BCUT2D eigenvalue weighted by molar-refractivity contribution is -0.495. The minimum atomic E-state index is -0.285. The van der Waals surface area contributed by atoms with E-state index in [1.54, 1.807) is 33.1 Å². The molecule has 0 fully saturated rings. The maximum atomic E-state index is 14.6. The summed E-state index contributed by atoms with van der Waals surface area (Å²) in [6.45, 7) is 0. The summed E-state index contributed by atoms with van der Waals surface area (Å²) in [6.07, 6.45) is 0. The molecule has 0 aliphatic carbocycles. The molecule has 12 aromatic rings. The number of fused-ring (bicyclic) bond motifs is 8. The fraction of sp³-hybridized carbons (Fsp3) is 0. The number of H-pyrrole nitrogens is 1. The number of nitrogens with one attached hydrogen (secondary N) is 1. The molecule has 4 heterocycles. The maximum absolute atomic E-state index is 14.6.